The van der Waals surface area contributed by atoms with Crippen LogP contribution >= 0.6 is 23.4 Å². The number of nitriles is 1. The Morgan fingerprint density at radius 2 is 2.00 bits per heavy atom. The van der Waals surface area contributed by atoms with Crippen molar-refractivity contribution in [2.75, 3.05) is 4.90 Å². The van der Waals surface area contributed by atoms with E-state index >= 15 is 0 Å². The molecule has 3 rings (SSSR count). The van der Waals surface area contributed by atoms with E-state index in [0.717, 1.165) is 11.1 Å². The second kappa shape index (κ2) is 7.87. The highest BCUT2D eigenvalue weighted by Crippen LogP contribution is 2.42. The summed E-state index contributed by atoms with van der Waals surface area (Å²) in [5, 5.41) is 9.71. The fourth-order valence-corrected chi connectivity index (χ4v) is 4.32. The van der Waals surface area contributed by atoms with Gasteiger partial charge in [0.2, 0.25) is 5.91 Å². The lowest BCUT2D eigenvalue weighted by Gasteiger charge is -2.18. The second-order valence-corrected chi connectivity index (χ2v) is 7.73. The summed E-state index contributed by atoms with van der Waals surface area (Å²) in [6, 6.07) is 16.4. The number of amides is 2. The summed E-state index contributed by atoms with van der Waals surface area (Å²) < 4.78 is 0. The van der Waals surface area contributed by atoms with Crippen LogP contribution in [0.2, 0.25) is 5.02 Å². The number of primary amides is 1. The molecule has 2 aromatic rings. The van der Waals surface area contributed by atoms with Crippen LogP contribution in [0.3, 0.4) is 0 Å². The third-order valence-corrected chi connectivity index (χ3v) is 5.63. The molecule has 2 aromatic carbocycles. The third-order valence-electron chi connectivity index (χ3n) is 4.11. The molecule has 0 saturated carbocycles. The summed E-state index contributed by atoms with van der Waals surface area (Å²) in [5.41, 5.74) is 7.78. The van der Waals surface area contributed by atoms with Crippen LogP contribution in [0.15, 0.2) is 59.1 Å². The lowest BCUT2D eigenvalue weighted by Crippen LogP contribution is -2.31. The van der Waals surface area contributed by atoms with Gasteiger partial charge < -0.3 is 5.73 Å². The predicted molar refractivity (Wildman–Crippen MR) is 107 cm³/mol. The smallest absolute Gasteiger partial charge is 0.262 e. The van der Waals surface area contributed by atoms with Crippen molar-refractivity contribution < 1.29 is 9.59 Å². The van der Waals surface area contributed by atoms with Crippen LogP contribution in [0.1, 0.15) is 11.1 Å². The molecule has 0 radical (unpaired) electrons. The van der Waals surface area contributed by atoms with Gasteiger partial charge in [0.05, 0.1) is 5.25 Å². The molecule has 2 amide bonds. The van der Waals surface area contributed by atoms with Gasteiger partial charge in [0, 0.05) is 10.7 Å². The Bertz CT molecular complexity index is 979. The van der Waals surface area contributed by atoms with Crippen LogP contribution in [0.5, 0.6) is 0 Å². The number of hydrogen-bond donors (Lipinski definition) is 1. The Morgan fingerprint density at radius 3 is 2.59 bits per heavy atom. The average molecular weight is 398 g/mol. The van der Waals surface area contributed by atoms with Gasteiger partial charge >= 0.3 is 0 Å². The SMILES string of the molecule is Cc1cccc(C[C@@H]2S/C(=C(\C#N)C(N)=O)N(c3ccc(Cl)cc3)C2=O)c1. The Kier molecular flexibility index (Phi) is 5.54. The Labute approximate surface area is 166 Å². The van der Waals surface area contributed by atoms with Crippen LogP contribution < -0.4 is 10.6 Å². The van der Waals surface area contributed by atoms with E-state index in [4.69, 9.17) is 17.3 Å². The van der Waals surface area contributed by atoms with Gasteiger partial charge in [-0.05, 0) is 43.2 Å². The lowest BCUT2D eigenvalue weighted by atomic mass is 10.1. The van der Waals surface area contributed by atoms with Gasteiger partial charge in [-0.15, -0.1) is 0 Å². The predicted octanol–water partition coefficient (Wildman–Crippen LogP) is 3.56. The number of nitrogens with zero attached hydrogens (tertiary/aromatic N) is 2. The van der Waals surface area contributed by atoms with Gasteiger partial charge in [-0.3, -0.25) is 14.5 Å². The van der Waals surface area contributed by atoms with Crippen molar-refractivity contribution in [2.45, 2.75) is 18.6 Å². The summed E-state index contributed by atoms with van der Waals surface area (Å²) in [7, 11) is 0. The molecular weight excluding hydrogens is 382 g/mol. The van der Waals surface area contributed by atoms with Crippen LogP contribution in [0.25, 0.3) is 0 Å². The quantitative estimate of drug-likeness (QED) is 0.631. The number of carbonyl (C=O) groups is 2. The molecule has 1 saturated heterocycles. The molecular formula is C20H16ClN3O2S. The summed E-state index contributed by atoms with van der Waals surface area (Å²) in [6.07, 6.45) is 0.482. The zero-order valence-electron chi connectivity index (χ0n) is 14.5. The Balaban J connectivity index is 2.03. The van der Waals surface area contributed by atoms with Crippen LogP contribution in [-0.4, -0.2) is 17.1 Å². The molecule has 1 fully saturated rings. The number of benzene rings is 2. The standard InChI is InChI=1S/C20H16ClN3O2S/c1-12-3-2-4-13(9-12)10-17-19(26)24(15-7-5-14(21)6-8-15)20(27-17)16(11-22)18(23)25/h2-9,17H,10H2,1H3,(H2,23,25)/b20-16+/t17-/m0/s1. The molecule has 5 nitrogen and oxygen atoms in total. The molecule has 0 bridgehead atoms. The van der Waals surface area contributed by atoms with Crippen LogP contribution in [0.4, 0.5) is 5.69 Å². The molecule has 0 spiro atoms. The van der Waals surface area contributed by atoms with Crippen molar-refractivity contribution in [1.82, 2.24) is 0 Å². The fourth-order valence-electron chi connectivity index (χ4n) is 2.88. The summed E-state index contributed by atoms with van der Waals surface area (Å²) in [5.74, 6) is -1.06. The van der Waals surface area contributed by atoms with E-state index in [1.807, 2.05) is 37.3 Å². The minimum atomic E-state index is -0.858. The van der Waals surface area contributed by atoms with Crippen molar-refractivity contribution in [2.24, 2.45) is 5.73 Å². The number of anilines is 1. The minimum Gasteiger partial charge on any atom is -0.365 e. The first kappa shape index (κ1) is 19.0. The molecule has 1 heterocycles. The van der Waals surface area contributed by atoms with E-state index in [-0.39, 0.29) is 16.5 Å². The fraction of sp³-hybridized carbons (Fsp3) is 0.150. The Hall–Kier alpha value is -2.75. The maximum Gasteiger partial charge on any atom is 0.262 e. The highest BCUT2D eigenvalue weighted by molar-refractivity contribution is 8.05. The maximum atomic E-state index is 13.1. The van der Waals surface area contributed by atoms with Gasteiger partial charge in [-0.1, -0.05) is 53.2 Å². The third kappa shape index (κ3) is 4.00. The van der Waals surface area contributed by atoms with E-state index in [1.54, 1.807) is 24.3 Å². The molecule has 0 aromatic heterocycles. The van der Waals surface area contributed by atoms with Crippen molar-refractivity contribution in [3.05, 3.63) is 75.3 Å². The first-order valence-corrected chi connectivity index (χ1v) is 9.42. The zero-order chi connectivity index (χ0) is 19.6. The molecule has 7 heteroatoms. The molecule has 1 atom stereocenters. The van der Waals surface area contributed by atoms with E-state index in [2.05, 4.69) is 0 Å². The van der Waals surface area contributed by atoms with Gasteiger partial charge in [0.15, 0.2) is 0 Å². The number of aryl methyl sites for hydroxylation is 1. The highest BCUT2D eigenvalue weighted by Gasteiger charge is 2.40. The first-order valence-electron chi connectivity index (χ1n) is 8.16. The van der Waals surface area contributed by atoms with E-state index in [1.165, 1.54) is 16.7 Å². The number of nitrogens with two attached hydrogens (primary N) is 1. The second-order valence-electron chi connectivity index (χ2n) is 6.11. The summed E-state index contributed by atoms with van der Waals surface area (Å²) in [4.78, 5) is 26.2. The topological polar surface area (TPSA) is 87.2 Å². The van der Waals surface area contributed by atoms with Gasteiger partial charge in [0.1, 0.15) is 16.7 Å². The van der Waals surface area contributed by atoms with Crippen molar-refractivity contribution in [3.63, 3.8) is 0 Å². The highest BCUT2D eigenvalue weighted by atomic mass is 35.5. The van der Waals surface area contributed by atoms with Crippen molar-refractivity contribution in [1.29, 1.82) is 5.26 Å². The number of carbonyl (C=O) groups excluding carboxylic acids is 2. The number of rotatable bonds is 4. The molecule has 0 unspecified atom stereocenters. The molecule has 0 aliphatic carbocycles. The van der Waals surface area contributed by atoms with Gasteiger partial charge in [-0.2, -0.15) is 5.26 Å². The normalized spacial score (nSPS) is 18.3. The largest absolute Gasteiger partial charge is 0.365 e. The number of thioether (sulfide) groups is 1. The van der Waals surface area contributed by atoms with Gasteiger partial charge in [-0.25, -0.2) is 0 Å². The van der Waals surface area contributed by atoms with Crippen molar-refractivity contribution >= 4 is 40.9 Å². The zero-order valence-corrected chi connectivity index (χ0v) is 16.1. The molecule has 1 aliphatic heterocycles. The number of hydrogen-bond acceptors (Lipinski definition) is 4. The van der Waals surface area contributed by atoms with Crippen LogP contribution in [0, 0.1) is 18.3 Å². The number of halogens is 1. The average Bonchev–Trinajstić information content (AvgIpc) is 2.92. The molecule has 27 heavy (non-hydrogen) atoms. The van der Waals surface area contributed by atoms with E-state index in [0.29, 0.717) is 17.1 Å². The van der Waals surface area contributed by atoms with Crippen LogP contribution in [-0.2, 0) is 16.0 Å². The lowest BCUT2D eigenvalue weighted by molar-refractivity contribution is -0.117. The van der Waals surface area contributed by atoms with Crippen molar-refractivity contribution in [3.8, 4) is 6.07 Å². The monoisotopic (exact) mass is 397 g/mol. The molecule has 136 valence electrons. The minimum absolute atomic E-state index is 0.201. The van der Waals surface area contributed by atoms with Gasteiger partial charge in [0.25, 0.3) is 5.91 Å². The maximum absolute atomic E-state index is 13.1. The Morgan fingerprint density at radius 1 is 1.30 bits per heavy atom. The van der Waals surface area contributed by atoms with E-state index < -0.39 is 11.2 Å². The van der Waals surface area contributed by atoms with E-state index in [9.17, 15) is 14.9 Å². The summed E-state index contributed by atoms with van der Waals surface area (Å²) in [6.45, 7) is 1.99. The molecule has 2 N–H and O–H groups in total. The molecule has 1 aliphatic rings. The summed E-state index contributed by atoms with van der Waals surface area (Å²) >= 11 is 7.12. The first-order chi connectivity index (χ1) is 12.9.